The third-order valence-corrected chi connectivity index (χ3v) is 4.80. The highest BCUT2D eigenvalue weighted by Gasteiger charge is 2.31. The molecule has 17 heavy (non-hydrogen) atoms. The maximum absolute atomic E-state index is 6.08. The molecule has 2 aliphatic rings. The SMILES string of the molecule is CC1CC(C)CN(C(CN)C2CCCCC2)C1. The van der Waals surface area contributed by atoms with Crippen LogP contribution in [-0.2, 0) is 0 Å². The number of hydrogen-bond acceptors (Lipinski definition) is 2. The molecule has 0 bridgehead atoms. The van der Waals surface area contributed by atoms with E-state index in [1.807, 2.05) is 0 Å². The minimum atomic E-state index is 0.667. The molecule has 0 aromatic heterocycles. The van der Waals surface area contributed by atoms with Gasteiger partial charge < -0.3 is 5.73 Å². The van der Waals surface area contributed by atoms with E-state index in [9.17, 15) is 0 Å². The largest absolute Gasteiger partial charge is 0.329 e. The van der Waals surface area contributed by atoms with Gasteiger partial charge in [0.15, 0.2) is 0 Å². The molecule has 2 N–H and O–H groups in total. The predicted octanol–water partition coefficient (Wildman–Crippen LogP) is 2.87. The molecule has 0 spiro atoms. The summed E-state index contributed by atoms with van der Waals surface area (Å²) in [7, 11) is 0. The topological polar surface area (TPSA) is 29.3 Å². The van der Waals surface area contributed by atoms with Crippen LogP contribution in [-0.4, -0.2) is 30.6 Å². The number of hydrogen-bond donors (Lipinski definition) is 1. The second kappa shape index (κ2) is 6.19. The molecule has 3 unspecified atom stereocenters. The molecular formula is C15H30N2. The maximum Gasteiger partial charge on any atom is 0.0246 e. The number of nitrogens with two attached hydrogens (primary N) is 1. The maximum atomic E-state index is 6.08. The molecule has 2 rings (SSSR count). The highest BCUT2D eigenvalue weighted by molar-refractivity contribution is 4.86. The van der Waals surface area contributed by atoms with E-state index >= 15 is 0 Å². The van der Waals surface area contributed by atoms with E-state index in [0.717, 1.165) is 24.3 Å². The Morgan fingerprint density at radius 1 is 1.06 bits per heavy atom. The van der Waals surface area contributed by atoms with Crippen molar-refractivity contribution in [2.45, 2.75) is 58.4 Å². The molecule has 1 aliphatic heterocycles. The van der Waals surface area contributed by atoms with Gasteiger partial charge in [0.05, 0.1) is 0 Å². The Bertz CT molecular complexity index is 213. The Kier molecular flexibility index (Phi) is 4.87. The molecule has 2 fully saturated rings. The summed E-state index contributed by atoms with van der Waals surface area (Å²) in [6.07, 6.45) is 8.54. The third kappa shape index (κ3) is 3.45. The number of piperidine rings is 1. The summed E-state index contributed by atoms with van der Waals surface area (Å²) in [5, 5.41) is 0. The molecule has 1 aliphatic carbocycles. The lowest BCUT2D eigenvalue weighted by Crippen LogP contribution is -2.51. The monoisotopic (exact) mass is 238 g/mol. The second-order valence-electron chi connectivity index (χ2n) is 6.60. The van der Waals surface area contributed by atoms with Crippen LogP contribution in [0.1, 0.15) is 52.4 Å². The Hall–Kier alpha value is -0.0800. The van der Waals surface area contributed by atoms with Crippen molar-refractivity contribution >= 4 is 0 Å². The molecule has 0 radical (unpaired) electrons. The molecule has 3 atom stereocenters. The molecule has 0 aromatic carbocycles. The van der Waals surface area contributed by atoms with Gasteiger partial charge in [-0.1, -0.05) is 33.1 Å². The van der Waals surface area contributed by atoms with Gasteiger partial charge in [0.2, 0.25) is 0 Å². The van der Waals surface area contributed by atoms with Crippen LogP contribution >= 0.6 is 0 Å². The Balaban J connectivity index is 1.96. The molecule has 1 heterocycles. The van der Waals surface area contributed by atoms with Gasteiger partial charge >= 0.3 is 0 Å². The van der Waals surface area contributed by atoms with E-state index in [0.29, 0.717) is 6.04 Å². The quantitative estimate of drug-likeness (QED) is 0.819. The van der Waals surface area contributed by atoms with E-state index in [1.165, 1.54) is 51.6 Å². The molecule has 1 saturated heterocycles. The fourth-order valence-corrected chi connectivity index (χ4v) is 4.14. The first-order valence-corrected chi connectivity index (χ1v) is 7.64. The van der Waals surface area contributed by atoms with Gasteiger partial charge in [-0.25, -0.2) is 0 Å². The van der Waals surface area contributed by atoms with E-state index < -0.39 is 0 Å². The van der Waals surface area contributed by atoms with Crippen LogP contribution in [0.15, 0.2) is 0 Å². The average Bonchev–Trinajstić information content (AvgIpc) is 2.30. The van der Waals surface area contributed by atoms with Crippen molar-refractivity contribution in [3.8, 4) is 0 Å². The number of rotatable bonds is 3. The zero-order valence-corrected chi connectivity index (χ0v) is 11.7. The van der Waals surface area contributed by atoms with Gasteiger partial charge in [-0.05, 0) is 37.0 Å². The predicted molar refractivity (Wildman–Crippen MR) is 73.9 cm³/mol. The molecule has 100 valence electrons. The first kappa shape index (κ1) is 13.4. The van der Waals surface area contributed by atoms with Crippen LogP contribution < -0.4 is 5.73 Å². The van der Waals surface area contributed by atoms with Crippen LogP contribution in [0.25, 0.3) is 0 Å². The Morgan fingerprint density at radius 3 is 2.18 bits per heavy atom. The van der Waals surface area contributed by atoms with E-state index in [1.54, 1.807) is 0 Å². The summed E-state index contributed by atoms with van der Waals surface area (Å²) >= 11 is 0. The lowest BCUT2D eigenvalue weighted by atomic mass is 9.81. The van der Waals surface area contributed by atoms with E-state index in [-0.39, 0.29) is 0 Å². The van der Waals surface area contributed by atoms with Gasteiger partial charge in [0, 0.05) is 25.7 Å². The summed E-state index contributed by atoms with van der Waals surface area (Å²) in [6.45, 7) is 8.23. The minimum Gasteiger partial charge on any atom is -0.329 e. The fraction of sp³-hybridized carbons (Fsp3) is 1.00. The molecule has 2 nitrogen and oxygen atoms in total. The lowest BCUT2D eigenvalue weighted by molar-refractivity contribution is 0.0574. The smallest absolute Gasteiger partial charge is 0.0246 e. The normalized spacial score (nSPS) is 34.8. The van der Waals surface area contributed by atoms with Gasteiger partial charge in [0.1, 0.15) is 0 Å². The van der Waals surface area contributed by atoms with Gasteiger partial charge in [0.25, 0.3) is 0 Å². The average molecular weight is 238 g/mol. The summed E-state index contributed by atoms with van der Waals surface area (Å²) < 4.78 is 0. The number of likely N-dealkylation sites (tertiary alicyclic amines) is 1. The summed E-state index contributed by atoms with van der Waals surface area (Å²) in [5.41, 5.74) is 6.08. The highest BCUT2D eigenvalue weighted by Crippen LogP contribution is 2.31. The summed E-state index contributed by atoms with van der Waals surface area (Å²) in [5.74, 6) is 2.60. The summed E-state index contributed by atoms with van der Waals surface area (Å²) in [4.78, 5) is 2.72. The van der Waals surface area contributed by atoms with E-state index in [4.69, 9.17) is 5.73 Å². The summed E-state index contributed by atoms with van der Waals surface area (Å²) in [6, 6.07) is 0.667. The molecule has 2 heteroatoms. The standard InChI is InChI=1S/C15H30N2/c1-12-8-13(2)11-17(10-12)15(9-16)14-6-4-3-5-7-14/h12-15H,3-11,16H2,1-2H3. The van der Waals surface area contributed by atoms with Crippen molar-refractivity contribution in [3.05, 3.63) is 0 Å². The second-order valence-corrected chi connectivity index (χ2v) is 6.60. The molecular weight excluding hydrogens is 208 g/mol. The van der Waals surface area contributed by atoms with Crippen LogP contribution in [0.2, 0.25) is 0 Å². The van der Waals surface area contributed by atoms with Gasteiger partial charge in [-0.2, -0.15) is 0 Å². The van der Waals surface area contributed by atoms with E-state index in [2.05, 4.69) is 18.7 Å². The number of nitrogens with zero attached hydrogens (tertiary/aromatic N) is 1. The van der Waals surface area contributed by atoms with Crippen molar-refractivity contribution in [1.82, 2.24) is 4.90 Å². The van der Waals surface area contributed by atoms with Crippen LogP contribution in [0.5, 0.6) is 0 Å². The Labute approximate surface area is 107 Å². The van der Waals surface area contributed by atoms with Crippen molar-refractivity contribution in [1.29, 1.82) is 0 Å². The Morgan fingerprint density at radius 2 is 1.65 bits per heavy atom. The zero-order valence-electron chi connectivity index (χ0n) is 11.7. The van der Waals surface area contributed by atoms with Gasteiger partial charge in [-0.15, -0.1) is 0 Å². The molecule has 1 saturated carbocycles. The minimum absolute atomic E-state index is 0.667. The first-order valence-electron chi connectivity index (χ1n) is 7.64. The van der Waals surface area contributed by atoms with Gasteiger partial charge in [-0.3, -0.25) is 4.90 Å². The van der Waals surface area contributed by atoms with Crippen LogP contribution in [0.4, 0.5) is 0 Å². The molecule has 0 aromatic rings. The van der Waals surface area contributed by atoms with Crippen molar-refractivity contribution in [2.75, 3.05) is 19.6 Å². The lowest BCUT2D eigenvalue weighted by Gasteiger charge is -2.43. The highest BCUT2D eigenvalue weighted by atomic mass is 15.2. The third-order valence-electron chi connectivity index (χ3n) is 4.80. The first-order chi connectivity index (χ1) is 8.20. The van der Waals surface area contributed by atoms with Crippen molar-refractivity contribution in [2.24, 2.45) is 23.5 Å². The van der Waals surface area contributed by atoms with Crippen LogP contribution in [0.3, 0.4) is 0 Å². The molecule has 0 amide bonds. The van der Waals surface area contributed by atoms with Crippen molar-refractivity contribution in [3.63, 3.8) is 0 Å². The van der Waals surface area contributed by atoms with Crippen molar-refractivity contribution < 1.29 is 0 Å². The van der Waals surface area contributed by atoms with Crippen LogP contribution in [0, 0.1) is 17.8 Å². The fourth-order valence-electron chi connectivity index (χ4n) is 4.14. The zero-order chi connectivity index (χ0) is 12.3.